The Kier molecular flexibility index (Phi) is 7.70. The highest BCUT2D eigenvalue weighted by molar-refractivity contribution is 5.51. The molecule has 6 nitrogen and oxygen atoms in total. The third-order valence-electron chi connectivity index (χ3n) is 7.31. The number of hydrogen-bond acceptors (Lipinski definition) is 6. The molecule has 0 amide bonds. The highest BCUT2D eigenvalue weighted by Gasteiger charge is 2.25. The van der Waals surface area contributed by atoms with Gasteiger partial charge in [-0.25, -0.2) is 0 Å². The molecule has 0 bridgehead atoms. The summed E-state index contributed by atoms with van der Waals surface area (Å²) in [7, 11) is 2.22. The molecule has 0 aromatic heterocycles. The molecule has 2 aromatic rings. The first-order valence-corrected chi connectivity index (χ1v) is 12.9. The van der Waals surface area contributed by atoms with Crippen molar-refractivity contribution in [1.82, 2.24) is 9.80 Å². The number of fused-ring (bicyclic) bond motifs is 1. The highest BCUT2D eigenvalue weighted by Crippen LogP contribution is 2.35. The maximum absolute atomic E-state index is 6.16. The van der Waals surface area contributed by atoms with Crippen LogP contribution in [0, 0.1) is 0 Å². The average Bonchev–Trinajstić information content (AvgIpc) is 2.87. The van der Waals surface area contributed by atoms with Gasteiger partial charge in [0.1, 0.15) is 5.75 Å². The monoisotopic (exact) mass is 465 g/mol. The predicted octanol–water partition coefficient (Wildman–Crippen LogP) is 3.59. The fourth-order valence-corrected chi connectivity index (χ4v) is 5.51. The lowest BCUT2D eigenvalue weighted by atomic mass is 9.84. The molecule has 0 N–H and O–H groups in total. The molecular formula is C28H39N3O3. The van der Waals surface area contributed by atoms with Crippen LogP contribution in [0.4, 0.5) is 5.69 Å². The van der Waals surface area contributed by atoms with E-state index in [0.717, 1.165) is 84.4 Å². The van der Waals surface area contributed by atoms with Gasteiger partial charge < -0.3 is 24.0 Å². The lowest BCUT2D eigenvalue weighted by Gasteiger charge is -2.33. The van der Waals surface area contributed by atoms with Crippen LogP contribution in [-0.4, -0.2) is 88.6 Å². The molecule has 2 aromatic carbocycles. The number of likely N-dealkylation sites (N-methyl/N-ethyl adjacent to an activating group) is 1. The van der Waals surface area contributed by atoms with E-state index >= 15 is 0 Å². The molecule has 3 aliphatic rings. The van der Waals surface area contributed by atoms with Crippen LogP contribution in [0.3, 0.4) is 0 Å². The molecule has 2 saturated heterocycles. The Morgan fingerprint density at radius 3 is 2.59 bits per heavy atom. The molecule has 0 radical (unpaired) electrons. The van der Waals surface area contributed by atoms with Crippen molar-refractivity contribution >= 4 is 5.69 Å². The molecule has 0 saturated carbocycles. The topological polar surface area (TPSA) is 37.4 Å². The zero-order valence-corrected chi connectivity index (χ0v) is 20.7. The summed E-state index contributed by atoms with van der Waals surface area (Å²) in [5, 5.41) is 0. The minimum atomic E-state index is 0.343. The van der Waals surface area contributed by atoms with Gasteiger partial charge in [0, 0.05) is 57.4 Å². The molecule has 2 fully saturated rings. The van der Waals surface area contributed by atoms with Gasteiger partial charge in [-0.2, -0.15) is 0 Å². The summed E-state index contributed by atoms with van der Waals surface area (Å²) in [4.78, 5) is 7.32. The van der Waals surface area contributed by atoms with Crippen molar-refractivity contribution in [2.45, 2.75) is 31.9 Å². The standard InChI is InChI=1S/C28H39N3O3/c1-22-19-30(11-17-33-22)10-3-14-34-26-8-9-27-24(18-26)20-29(2)21-28(27)23-4-6-25(7-5-23)31-12-15-32-16-13-31/h4-9,18,22,28H,3,10-17,19-21H2,1-2H3. The normalized spacial score (nSPS) is 24.1. The number of hydrogen-bond donors (Lipinski definition) is 0. The number of benzene rings is 2. The van der Waals surface area contributed by atoms with E-state index < -0.39 is 0 Å². The van der Waals surface area contributed by atoms with Gasteiger partial charge in [0.15, 0.2) is 0 Å². The predicted molar refractivity (Wildman–Crippen MR) is 136 cm³/mol. The number of morpholine rings is 2. The molecular weight excluding hydrogens is 426 g/mol. The van der Waals surface area contributed by atoms with Crippen molar-refractivity contribution in [1.29, 1.82) is 0 Å². The molecule has 3 aliphatic heterocycles. The van der Waals surface area contributed by atoms with Crippen LogP contribution < -0.4 is 9.64 Å². The summed E-state index contributed by atoms with van der Waals surface area (Å²) in [6.07, 6.45) is 1.39. The Morgan fingerprint density at radius 1 is 0.971 bits per heavy atom. The van der Waals surface area contributed by atoms with Crippen molar-refractivity contribution < 1.29 is 14.2 Å². The molecule has 5 rings (SSSR count). The third-order valence-corrected chi connectivity index (χ3v) is 7.31. The summed E-state index contributed by atoms with van der Waals surface area (Å²) < 4.78 is 17.3. The van der Waals surface area contributed by atoms with Gasteiger partial charge in [-0.05, 0) is 61.3 Å². The Labute approximate surface area is 204 Å². The number of ether oxygens (including phenoxy) is 3. The maximum Gasteiger partial charge on any atom is 0.119 e. The van der Waals surface area contributed by atoms with E-state index in [0.29, 0.717) is 12.0 Å². The molecule has 3 heterocycles. The molecule has 6 heteroatoms. The van der Waals surface area contributed by atoms with E-state index in [1.54, 1.807) is 0 Å². The minimum absolute atomic E-state index is 0.343. The van der Waals surface area contributed by atoms with Crippen LogP contribution in [0.1, 0.15) is 36.0 Å². The Bertz CT molecular complexity index is 929. The van der Waals surface area contributed by atoms with Gasteiger partial charge in [-0.3, -0.25) is 4.90 Å². The second kappa shape index (κ2) is 11.1. The van der Waals surface area contributed by atoms with Gasteiger partial charge in [0.05, 0.1) is 32.5 Å². The van der Waals surface area contributed by atoms with Gasteiger partial charge >= 0.3 is 0 Å². The first kappa shape index (κ1) is 23.6. The van der Waals surface area contributed by atoms with Gasteiger partial charge in [0.2, 0.25) is 0 Å². The lowest BCUT2D eigenvalue weighted by Crippen LogP contribution is -2.41. The smallest absolute Gasteiger partial charge is 0.119 e. The van der Waals surface area contributed by atoms with Gasteiger partial charge in [0.25, 0.3) is 0 Å². The van der Waals surface area contributed by atoms with Crippen molar-refractivity contribution in [2.24, 2.45) is 0 Å². The molecule has 184 valence electrons. The summed E-state index contributed by atoms with van der Waals surface area (Å²) in [6.45, 7) is 12.5. The summed E-state index contributed by atoms with van der Waals surface area (Å²) in [5.74, 6) is 1.38. The zero-order chi connectivity index (χ0) is 23.3. The van der Waals surface area contributed by atoms with E-state index in [1.807, 2.05) is 0 Å². The summed E-state index contributed by atoms with van der Waals surface area (Å²) in [6, 6.07) is 15.9. The third kappa shape index (κ3) is 5.74. The number of nitrogens with zero attached hydrogens (tertiary/aromatic N) is 3. The zero-order valence-electron chi connectivity index (χ0n) is 20.7. The largest absolute Gasteiger partial charge is 0.494 e. The van der Waals surface area contributed by atoms with E-state index in [4.69, 9.17) is 14.2 Å². The van der Waals surface area contributed by atoms with Gasteiger partial charge in [-0.1, -0.05) is 18.2 Å². The quantitative estimate of drug-likeness (QED) is 0.582. The van der Waals surface area contributed by atoms with Crippen molar-refractivity contribution in [3.05, 3.63) is 59.2 Å². The lowest BCUT2D eigenvalue weighted by molar-refractivity contribution is -0.0193. The SMILES string of the molecule is CC1CN(CCCOc2ccc3c(c2)CN(C)CC3c2ccc(N3CCOCC3)cc2)CCO1. The van der Waals surface area contributed by atoms with Crippen molar-refractivity contribution in [3.8, 4) is 5.75 Å². The fraction of sp³-hybridized carbons (Fsp3) is 0.571. The molecule has 34 heavy (non-hydrogen) atoms. The molecule has 0 spiro atoms. The second-order valence-corrected chi connectivity index (χ2v) is 9.98. The average molecular weight is 466 g/mol. The first-order chi connectivity index (χ1) is 16.7. The Hall–Kier alpha value is -2.12. The first-order valence-electron chi connectivity index (χ1n) is 12.9. The van der Waals surface area contributed by atoms with Crippen molar-refractivity contribution in [2.75, 3.05) is 77.6 Å². The molecule has 2 unspecified atom stereocenters. The van der Waals surface area contributed by atoms with E-state index in [1.165, 1.54) is 22.4 Å². The van der Waals surface area contributed by atoms with Gasteiger partial charge in [-0.15, -0.1) is 0 Å². The minimum Gasteiger partial charge on any atom is -0.494 e. The van der Waals surface area contributed by atoms with Crippen LogP contribution >= 0.6 is 0 Å². The Morgan fingerprint density at radius 2 is 1.79 bits per heavy atom. The van der Waals surface area contributed by atoms with E-state index in [-0.39, 0.29) is 0 Å². The summed E-state index contributed by atoms with van der Waals surface area (Å²) in [5.41, 5.74) is 5.51. The van der Waals surface area contributed by atoms with Crippen molar-refractivity contribution in [3.63, 3.8) is 0 Å². The molecule has 0 aliphatic carbocycles. The van der Waals surface area contributed by atoms with E-state index in [2.05, 4.69) is 71.1 Å². The molecule has 2 atom stereocenters. The fourth-order valence-electron chi connectivity index (χ4n) is 5.51. The van der Waals surface area contributed by atoms with E-state index in [9.17, 15) is 0 Å². The van der Waals surface area contributed by atoms with Crippen LogP contribution in [0.25, 0.3) is 0 Å². The number of anilines is 1. The van der Waals surface area contributed by atoms with Crippen LogP contribution in [0.2, 0.25) is 0 Å². The summed E-state index contributed by atoms with van der Waals surface area (Å²) >= 11 is 0. The second-order valence-electron chi connectivity index (χ2n) is 9.98. The maximum atomic E-state index is 6.16. The number of rotatable bonds is 7. The van der Waals surface area contributed by atoms with Crippen LogP contribution in [0.15, 0.2) is 42.5 Å². The highest BCUT2D eigenvalue weighted by atomic mass is 16.5. The van der Waals surface area contributed by atoms with Crippen LogP contribution in [0.5, 0.6) is 5.75 Å². The Balaban J connectivity index is 1.21. The van der Waals surface area contributed by atoms with Crippen LogP contribution in [-0.2, 0) is 16.0 Å².